The Morgan fingerprint density at radius 1 is 1.16 bits per heavy atom. The monoisotopic (exact) mass is 286 g/mol. The lowest BCUT2D eigenvalue weighted by molar-refractivity contribution is -0.117. The molecular formula is C13H22N2O3S. The zero-order chi connectivity index (χ0) is 14.4. The second-order valence-electron chi connectivity index (χ2n) is 4.51. The quantitative estimate of drug-likeness (QED) is 0.696. The van der Waals surface area contributed by atoms with Gasteiger partial charge in [0.15, 0.2) is 0 Å². The smallest absolute Gasteiger partial charge is 0.239 e. The van der Waals surface area contributed by atoms with Gasteiger partial charge in [-0.1, -0.05) is 0 Å². The highest BCUT2D eigenvalue weighted by Gasteiger charge is 2.14. The molecule has 0 aromatic carbocycles. The van der Waals surface area contributed by atoms with Gasteiger partial charge in [-0.05, 0) is 31.9 Å². The van der Waals surface area contributed by atoms with Gasteiger partial charge in [-0.2, -0.15) is 0 Å². The van der Waals surface area contributed by atoms with Crippen molar-refractivity contribution in [2.75, 3.05) is 38.2 Å². The molecule has 0 unspecified atom stereocenters. The molecule has 5 nitrogen and oxygen atoms in total. The molecule has 3 N–H and O–H groups in total. The van der Waals surface area contributed by atoms with Crippen molar-refractivity contribution in [3.8, 4) is 0 Å². The Kier molecular flexibility index (Phi) is 6.44. The van der Waals surface area contributed by atoms with E-state index in [2.05, 4.69) is 5.32 Å². The molecule has 0 aliphatic carbocycles. The number of thiophene rings is 1. The van der Waals surface area contributed by atoms with Crippen molar-refractivity contribution in [1.82, 2.24) is 4.90 Å². The number of rotatable bonds is 7. The number of nitrogens with one attached hydrogen (secondary N) is 1. The van der Waals surface area contributed by atoms with E-state index in [1.165, 1.54) is 10.4 Å². The first-order valence-electron chi connectivity index (χ1n) is 6.30. The number of aryl methyl sites for hydroxylation is 1. The molecule has 0 atom stereocenters. The highest BCUT2D eigenvalue weighted by molar-refractivity contribution is 7.16. The Hall–Kier alpha value is -0.950. The lowest BCUT2D eigenvalue weighted by Gasteiger charge is -2.19. The standard InChI is InChI=1S/C13H22N2O3S/c1-9-10(2)13(19-11(9)3)14-12(18)8-15(4-6-16)5-7-17/h16-17H,4-8H2,1-3H3,(H,14,18). The van der Waals surface area contributed by atoms with E-state index in [1.54, 1.807) is 16.2 Å². The van der Waals surface area contributed by atoms with Gasteiger partial charge < -0.3 is 15.5 Å². The van der Waals surface area contributed by atoms with Crippen LogP contribution in [0.5, 0.6) is 0 Å². The molecule has 0 spiro atoms. The normalized spacial score (nSPS) is 11.1. The fourth-order valence-corrected chi connectivity index (χ4v) is 2.87. The number of hydrogen-bond donors (Lipinski definition) is 3. The topological polar surface area (TPSA) is 72.8 Å². The minimum atomic E-state index is -0.119. The van der Waals surface area contributed by atoms with E-state index < -0.39 is 0 Å². The van der Waals surface area contributed by atoms with Gasteiger partial charge in [-0.15, -0.1) is 11.3 Å². The third-order valence-electron chi connectivity index (χ3n) is 3.14. The number of carbonyl (C=O) groups is 1. The minimum absolute atomic E-state index is 0.0243. The van der Waals surface area contributed by atoms with E-state index in [9.17, 15) is 4.79 Å². The first-order chi connectivity index (χ1) is 8.99. The average Bonchev–Trinajstić information content (AvgIpc) is 2.57. The first kappa shape index (κ1) is 16.1. The zero-order valence-electron chi connectivity index (χ0n) is 11.7. The van der Waals surface area contributed by atoms with E-state index in [-0.39, 0.29) is 25.7 Å². The molecule has 0 aliphatic heterocycles. The van der Waals surface area contributed by atoms with Crippen LogP contribution in [0.4, 0.5) is 5.00 Å². The summed E-state index contributed by atoms with van der Waals surface area (Å²) in [4.78, 5) is 14.9. The molecule has 1 aromatic heterocycles. The van der Waals surface area contributed by atoms with Crippen LogP contribution < -0.4 is 5.32 Å². The molecule has 1 rings (SSSR count). The lowest BCUT2D eigenvalue weighted by Crippen LogP contribution is -2.37. The van der Waals surface area contributed by atoms with Crippen LogP contribution in [-0.4, -0.2) is 53.9 Å². The largest absolute Gasteiger partial charge is 0.395 e. The molecule has 0 fully saturated rings. The summed E-state index contributed by atoms with van der Waals surface area (Å²) in [5.41, 5.74) is 2.31. The van der Waals surface area contributed by atoms with Crippen LogP contribution in [0.3, 0.4) is 0 Å². The number of aliphatic hydroxyl groups excluding tert-OH is 2. The fourth-order valence-electron chi connectivity index (χ4n) is 1.78. The molecule has 6 heteroatoms. The van der Waals surface area contributed by atoms with Crippen LogP contribution in [0, 0.1) is 20.8 Å². The highest BCUT2D eigenvalue weighted by Crippen LogP contribution is 2.31. The Labute approximate surface area is 117 Å². The number of anilines is 1. The predicted octanol–water partition coefficient (Wildman–Crippen LogP) is 0.898. The maximum atomic E-state index is 11.9. The molecule has 1 aromatic rings. The van der Waals surface area contributed by atoms with Gasteiger partial charge >= 0.3 is 0 Å². The number of nitrogens with zero attached hydrogens (tertiary/aromatic N) is 1. The van der Waals surface area contributed by atoms with Crippen LogP contribution in [0.25, 0.3) is 0 Å². The zero-order valence-corrected chi connectivity index (χ0v) is 12.5. The van der Waals surface area contributed by atoms with Crippen LogP contribution >= 0.6 is 11.3 Å². The Morgan fingerprint density at radius 2 is 1.74 bits per heavy atom. The van der Waals surface area contributed by atoms with E-state index in [0.717, 1.165) is 10.6 Å². The van der Waals surface area contributed by atoms with Gasteiger partial charge in [0.25, 0.3) is 0 Å². The van der Waals surface area contributed by atoms with Crippen molar-refractivity contribution in [1.29, 1.82) is 0 Å². The molecule has 19 heavy (non-hydrogen) atoms. The van der Waals surface area contributed by atoms with Gasteiger partial charge in [0.05, 0.1) is 24.8 Å². The number of carbonyl (C=O) groups excluding carboxylic acids is 1. The molecule has 0 saturated heterocycles. The summed E-state index contributed by atoms with van der Waals surface area (Å²) >= 11 is 1.57. The predicted molar refractivity (Wildman–Crippen MR) is 77.8 cm³/mol. The van der Waals surface area contributed by atoms with Crippen molar-refractivity contribution >= 4 is 22.2 Å². The van der Waals surface area contributed by atoms with Crippen molar-refractivity contribution in [3.63, 3.8) is 0 Å². The summed E-state index contributed by atoms with van der Waals surface area (Å²) in [6.45, 7) is 6.97. The van der Waals surface area contributed by atoms with Crippen LogP contribution in [0.1, 0.15) is 16.0 Å². The summed E-state index contributed by atoms with van der Waals surface area (Å²) in [7, 11) is 0. The van der Waals surface area contributed by atoms with E-state index in [1.807, 2.05) is 20.8 Å². The minimum Gasteiger partial charge on any atom is -0.395 e. The molecule has 0 aliphatic rings. The van der Waals surface area contributed by atoms with Crippen molar-refractivity contribution in [2.45, 2.75) is 20.8 Å². The fraction of sp³-hybridized carbons (Fsp3) is 0.615. The van der Waals surface area contributed by atoms with E-state index in [0.29, 0.717) is 13.1 Å². The summed E-state index contributed by atoms with van der Waals surface area (Å²) in [5, 5.41) is 21.6. The van der Waals surface area contributed by atoms with Crippen molar-refractivity contribution in [3.05, 3.63) is 16.0 Å². The third-order valence-corrected chi connectivity index (χ3v) is 4.36. The molecule has 1 amide bonds. The summed E-state index contributed by atoms with van der Waals surface area (Å²) in [6, 6.07) is 0. The molecule has 108 valence electrons. The van der Waals surface area contributed by atoms with Crippen molar-refractivity contribution in [2.24, 2.45) is 0 Å². The molecule has 0 radical (unpaired) electrons. The number of aliphatic hydroxyl groups is 2. The van der Waals surface area contributed by atoms with Gasteiger partial charge in [0, 0.05) is 18.0 Å². The molecule has 1 heterocycles. The molecule has 0 saturated carbocycles. The van der Waals surface area contributed by atoms with E-state index >= 15 is 0 Å². The SMILES string of the molecule is Cc1sc(NC(=O)CN(CCO)CCO)c(C)c1C. The molecular weight excluding hydrogens is 264 g/mol. The summed E-state index contributed by atoms with van der Waals surface area (Å²) < 4.78 is 0. The van der Waals surface area contributed by atoms with Gasteiger partial charge in [-0.25, -0.2) is 0 Å². The van der Waals surface area contributed by atoms with Gasteiger partial charge in [0.1, 0.15) is 0 Å². The number of hydrogen-bond acceptors (Lipinski definition) is 5. The second kappa shape index (κ2) is 7.59. The van der Waals surface area contributed by atoms with Crippen LogP contribution in [0.2, 0.25) is 0 Å². The maximum Gasteiger partial charge on any atom is 0.239 e. The third kappa shape index (κ3) is 4.58. The second-order valence-corrected chi connectivity index (χ2v) is 5.73. The highest BCUT2D eigenvalue weighted by atomic mass is 32.1. The van der Waals surface area contributed by atoms with E-state index in [4.69, 9.17) is 10.2 Å². The Bertz CT molecular complexity index is 426. The Balaban J connectivity index is 2.60. The Morgan fingerprint density at radius 3 is 2.16 bits per heavy atom. The summed E-state index contributed by atoms with van der Waals surface area (Å²) in [5.74, 6) is -0.119. The maximum absolute atomic E-state index is 11.9. The first-order valence-corrected chi connectivity index (χ1v) is 7.11. The van der Waals surface area contributed by atoms with Crippen LogP contribution in [0.15, 0.2) is 0 Å². The van der Waals surface area contributed by atoms with Gasteiger partial charge in [0.2, 0.25) is 5.91 Å². The van der Waals surface area contributed by atoms with Crippen molar-refractivity contribution < 1.29 is 15.0 Å². The average molecular weight is 286 g/mol. The number of amides is 1. The van der Waals surface area contributed by atoms with Crippen LogP contribution in [-0.2, 0) is 4.79 Å². The lowest BCUT2D eigenvalue weighted by atomic mass is 10.2. The molecule has 0 bridgehead atoms. The summed E-state index contributed by atoms with van der Waals surface area (Å²) in [6.07, 6.45) is 0. The van der Waals surface area contributed by atoms with Gasteiger partial charge in [-0.3, -0.25) is 9.69 Å².